The van der Waals surface area contributed by atoms with Crippen molar-refractivity contribution in [3.63, 3.8) is 0 Å². The Bertz CT molecular complexity index is 938. The number of aromatic nitrogens is 3. The van der Waals surface area contributed by atoms with Crippen LogP contribution in [0.25, 0.3) is 11.0 Å². The van der Waals surface area contributed by atoms with Crippen LogP contribution in [0.3, 0.4) is 0 Å². The average molecular weight is 325 g/mol. The van der Waals surface area contributed by atoms with Crippen molar-refractivity contribution in [3.05, 3.63) is 52.7 Å². The van der Waals surface area contributed by atoms with Gasteiger partial charge in [0, 0.05) is 31.1 Å². The molecule has 6 nitrogen and oxygen atoms in total. The normalized spacial score (nSPS) is 19.9. The second-order valence-corrected chi connectivity index (χ2v) is 6.19. The van der Waals surface area contributed by atoms with Crippen molar-refractivity contribution in [3.8, 4) is 11.5 Å². The number of nitrogens with zero attached hydrogens (tertiary/aromatic N) is 2. The summed E-state index contributed by atoms with van der Waals surface area (Å²) in [6.45, 7) is 2.00. The van der Waals surface area contributed by atoms with Crippen molar-refractivity contribution in [1.29, 1.82) is 0 Å². The summed E-state index contributed by atoms with van der Waals surface area (Å²) in [6.07, 6.45) is 5.12. The molecule has 1 saturated carbocycles. The Morgan fingerprint density at radius 1 is 1.29 bits per heavy atom. The molecule has 2 heterocycles. The summed E-state index contributed by atoms with van der Waals surface area (Å²) < 4.78 is 13.1. The maximum absolute atomic E-state index is 12.2. The number of H-pyrrole nitrogens is 1. The molecule has 4 rings (SSSR count). The van der Waals surface area contributed by atoms with Crippen LogP contribution in [0.2, 0.25) is 0 Å². The predicted octanol–water partition coefficient (Wildman–Crippen LogP) is 2.82. The highest BCUT2D eigenvalue weighted by Crippen LogP contribution is 2.36. The van der Waals surface area contributed by atoms with Gasteiger partial charge in [0.05, 0.1) is 24.3 Å². The van der Waals surface area contributed by atoms with Crippen molar-refractivity contribution in [2.45, 2.75) is 31.9 Å². The summed E-state index contributed by atoms with van der Waals surface area (Å²) in [5, 5.41) is 0. The smallest absolute Gasteiger partial charge is 0.326 e. The Balaban J connectivity index is 1.48. The summed E-state index contributed by atoms with van der Waals surface area (Å²) in [5.74, 6) is 1.63. The molecular weight excluding hydrogens is 306 g/mol. The second-order valence-electron chi connectivity index (χ2n) is 6.19. The van der Waals surface area contributed by atoms with E-state index in [0.29, 0.717) is 0 Å². The van der Waals surface area contributed by atoms with E-state index in [-0.39, 0.29) is 17.8 Å². The number of imidazole rings is 1. The Kier molecular flexibility index (Phi) is 3.52. The van der Waals surface area contributed by atoms with E-state index < -0.39 is 0 Å². The van der Waals surface area contributed by atoms with Gasteiger partial charge in [-0.2, -0.15) is 0 Å². The number of ether oxygens (including phenoxy) is 2. The van der Waals surface area contributed by atoms with Crippen LogP contribution in [0, 0.1) is 6.92 Å². The van der Waals surface area contributed by atoms with E-state index >= 15 is 0 Å². The van der Waals surface area contributed by atoms with Crippen LogP contribution >= 0.6 is 0 Å². The molecule has 1 aromatic carbocycles. The summed E-state index contributed by atoms with van der Waals surface area (Å²) in [5.41, 5.74) is 2.67. The molecule has 1 aliphatic carbocycles. The average Bonchev–Trinajstić information content (AvgIpc) is 2.87. The van der Waals surface area contributed by atoms with Gasteiger partial charge < -0.3 is 14.5 Å². The zero-order valence-electron chi connectivity index (χ0n) is 13.7. The van der Waals surface area contributed by atoms with Crippen molar-refractivity contribution >= 4 is 11.0 Å². The first-order valence-corrected chi connectivity index (χ1v) is 8.01. The van der Waals surface area contributed by atoms with Crippen molar-refractivity contribution in [2.75, 3.05) is 7.11 Å². The van der Waals surface area contributed by atoms with Crippen LogP contribution in [-0.2, 0) is 0 Å². The van der Waals surface area contributed by atoms with E-state index in [1.54, 1.807) is 19.5 Å². The summed E-state index contributed by atoms with van der Waals surface area (Å²) in [6, 6.07) is 7.88. The lowest BCUT2D eigenvalue weighted by atomic mass is 9.89. The number of aryl methyl sites for hydroxylation is 1. The van der Waals surface area contributed by atoms with Gasteiger partial charge in [-0.1, -0.05) is 6.07 Å². The van der Waals surface area contributed by atoms with Crippen molar-refractivity contribution in [2.24, 2.45) is 0 Å². The molecule has 124 valence electrons. The summed E-state index contributed by atoms with van der Waals surface area (Å²) >= 11 is 0. The van der Waals surface area contributed by atoms with Gasteiger partial charge >= 0.3 is 5.69 Å². The number of methoxy groups -OCH3 is 1. The molecule has 24 heavy (non-hydrogen) atoms. The van der Waals surface area contributed by atoms with E-state index in [4.69, 9.17) is 9.47 Å². The number of pyridine rings is 1. The van der Waals surface area contributed by atoms with Crippen LogP contribution < -0.4 is 15.2 Å². The molecule has 0 atom stereocenters. The maximum atomic E-state index is 12.2. The lowest BCUT2D eigenvalue weighted by Gasteiger charge is -2.36. The van der Waals surface area contributed by atoms with Crippen LogP contribution in [0.4, 0.5) is 0 Å². The quantitative estimate of drug-likeness (QED) is 0.801. The first kappa shape index (κ1) is 14.8. The van der Waals surface area contributed by atoms with E-state index in [1.807, 2.05) is 35.8 Å². The number of rotatable bonds is 4. The minimum absolute atomic E-state index is 0.0848. The van der Waals surface area contributed by atoms with E-state index in [9.17, 15) is 4.79 Å². The van der Waals surface area contributed by atoms with E-state index in [1.165, 1.54) is 0 Å². The van der Waals surface area contributed by atoms with Gasteiger partial charge in [-0.05, 0) is 24.6 Å². The van der Waals surface area contributed by atoms with Crippen LogP contribution in [0.1, 0.15) is 24.4 Å². The largest absolute Gasteiger partial charge is 0.496 e. The highest BCUT2D eigenvalue weighted by atomic mass is 16.5. The highest BCUT2D eigenvalue weighted by Gasteiger charge is 2.34. The first-order valence-electron chi connectivity index (χ1n) is 8.01. The minimum Gasteiger partial charge on any atom is -0.496 e. The molecule has 0 saturated heterocycles. The van der Waals surface area contributed by atoms with Gasteiger partial charge in [-0.15, -0.1) is 0 Å². The molecule has 0 amide bonds. The van der Waals surface area contributed by atoms with Gasteiger partial charge in [-0.3, -0.25) is 9.55 Å². The maximum Gasteiger partial charge on any atom is 0.326 e. The lowest BCUT2D eigenvalue weighted by molar-refractivity contribution is 0.0705. The third-order valence-corrected chi connectivity index (χ3v) is 4.64. The third-order valence-electron chi connectivity index (χ3n) is 4.64. The monoisotopic (exact) mass is 325 g/mol. The molecule has 6 heteroatoms. The number of hydrogen-bond donors (Lipinski definition) is 1. The summed E-state index contributed by atoms with van der Waals surface area (Å²) in [4.78, 5) is 19.1. The SMILES string of the molecule is COc1cc(OC2CC(n3c(=O)[nH]c4cnccc43)C2)ccc1C. The Morgan fingerprint density at radius 2 is 2.12 bits per heavy atom. The van der Waals surface area contributed by atoms with E-state index in [0.717, 1.165) is 40.9 Å². The van der Waals surface area contributed by atoms with Crippen molar-refractivity contribution in [1.82, 2.24) is 14.5 Å². The number of hydrogen-bond acceptors (Lipinski definition) is 4. The zero-order chi connectivity index (χ0) is 16.7. The zero-order valence-corrected chi connectivity index (χ0v) is 13.7. The molecule has 0 aliphatic heterocycles. The van der Waals surface area contributed by atoms with Crippen LogP contribution in [0.15, 0.2) is 41.5 Å². The second kappa shape index (κ2) is 5.70. The Hall–Kier alpha value is -2.76. The predicted molar refractivity (Wildman–Crippen MR) is 90.8 cm³/mol. The van der Waals surface area contributed by atoms with Crippen LogP contribution in [0.5, 0.6) is 11.5 Å². The summed E-state index contributed by atoms with van der Waals surface area (Å²) in [7, 11) is 1.66. The first-order chi connectivity index (χ1) is 11.7. The number of nitrogens with one attached hydrogen (secondary N) is 1. The van der Waals surface area contributed by atoms with Gasteiger partial charge in [0.1, 0.15) is 17.6 Å². The lowest BCUT2D eigenvalue weighted by Crippen LogP contribution is -2.39. The minimum atomic E-state index is -0.0848. The van der Waals surface area contributed by atoms with Gasteiger partial charge in [0.2, 0.25) is 0 Å². The molecule has 2 aromatic heterocycles. The number of benzene rings is 1. The molecule has 3 aromatic rings. The topological polar surface area (TPSA) is 69.1 Å². The Morgan fingerprint density at radius 3 is 2.92 bits per heavy atom. The molecule has 1 N–H and O–H groups in total. The molecule has 0 unspecified atom stereocenters. The standard InChI is InChI=1S/C18H19N3O3/c1-11-3-4-13(9-17(11)23-2)24-14-7-12(8-14)21-16-5-6-19-10-15(16)20-18(21)22/h3-6,9-10,12,14H,7-8H2,1-2H3,(H,20,22). The molecule has 1 aliphatic rings. The molecule has 0 bridgehead atoms. The van der Waals surface area contributed by atoms with Gasteiger partial charge in [0.25, 0.3) is 0 Å². The molecule has 1 fully saturated rings. The van der Waals surface area contributed by atoms with Crippen molar-refractivity contribution < 1.29 is 9.47 Å². The van der Waals surface area contributed by atoms with Crippen LogP contribution in [-0.4, -0.2) is 27.7 Å². The highest BCUT2D eigenvalue weighted by molar-refractivity contribution is 5.73. The Labute approximate surface area is 139 Å². The van der Waals surface area contributed by atoms with Gasteiger partial charge in [0.15, 0.2) is 0 Å². The van der Waals surface area contributed by atoms with E-state index in [2.05, 4.69) is 9.97 Å². The number of fused-ring (bicyclic) bond motifs is 1. The fraction of sp³-hybridized carbons (Fsp3) is 0.333. The fourth-order valence-electron chi connectivity index (χ4n) is 3.25. The van der Waals surface area contributed by atoms with Gasteiger partial charge in [-0.25, -0.2) is 4.79 Å². The number of aromatic amines is 1. The molecular formula is C18H19N3O3. The third kappa shape index (κ3) is 2.44. The molecule has 0 radical (unpaired) electrons. The molecule has 0 spiro atoms. The fourth-order valence-corrected chi connectivity index (χ4v) is 3.25.